The van der Waals surface area contributed by atoms with Crippen LogP contribution in [0, 0.1) is 0 Å². The van der Waals surface area contributed by atoms with Crippen molar-refractivity contribution < 1.29 is 0 Å². The molecule has 1 unspecified atom stereocenters. The predicted molar refractivity (Wildman–Crippen MR) is 32.7 cm³/mol. The Hall–Kier alpha value is 0.490. The van der Waals surface area contributed by atoms with Crippen LogP contribution < -0.4 is 0 Å². The Bertz CT molecular complexity index is 51.5. The van der Waals surface area contributed by atoms with Gasteiger partial charge in [-0.1, -0.05) is 0 Å². The maximum absolute atomic E-state index is 3.75. The summed E-state index contributed by atoms with van der Waals surface area (Å²) in [6, 6.07) is 0. The van der Waals surface area contributed by atoms with Gasteiger partial charge in [-0.25, -0.2) is 9.19 Å². The van der Waals surface area contributed by atoms with E-state index < -0.39 is 0 Å². The smallest absolute Gasteiger partial charge is 0.0962 e. The summed E-state index contributed by atoms with van der Waals surface area (Å²) >= 11 is 0. The molecule has 36 valence electrons. The van der Waals surface area contributed by atoms with E-state index in [-0.39, 0.29) is 0 Å². The fourth-order valence-corrected chi connectivity index (χ4v) is 0.930. The minimum absolute atomic E-state index is 1.00. The van der Waals surface area contributed by atoms with Gasteiger partial charge >= 0.3 is 0 Å². The number of hydrogen-bond donors (Lipinski definition) is 0. The van der Waals surface area contributed by atoms with Gasteiger partial charge in [0.1, 0.15) is 0 Å². The first-order chi connectivity index (χ1) is 2.77. The second-order valence-electron chi connectivity index (χ2n) is 1.05. The van der Waals surface area contributed by atoms with Crippen LogP contribution in [0.3, 0.4) is 0 Å². The molecule has 2 nitrogen and oxygen atoms in total. The lowest BCUT2D eigenvalue weighted by Gasteiger charge is -1.92. The standard InChI is InChI=1S/C2H8N2P2/c1-4(2)6-3-5/h5H2,1-2H3. The van der Waals surface area contributed by atoms with Crippen molar-refractivity contribution in [2.75, 3.05) is 14.1 Å². The van der Waals surface area contributed by atoms with Gasteiger partial charge in [0.2, 0.25) is 0 Å². The minimum atomic E-state index is 1.00. The molecule has 0 aliphatic heterocycles. The van der Waals surface area contributed by atoms with Crippen LogP contribution in [-0.4, -0.2) is 18.8 Å². The lowest BCUT2D eigenvalue weighted by Crippen LogP contribution is -1.90. The average molecular weight is 122 g/mol. The lowest BCUT2D eigenvalue weighted by atomic mass is 11.3. The Kier molecular flexibility index (Phi) is 3.97. The van der Waals surface area contributed by atoms with Gasteiger partial charge < -0.3 is 0 Å². The molecule has 1 atom stereocenters. The first kappa shape index (κ1) is 6.49. The van der Waals surface area contributed by atoms with Crippen LogP contribution in [0.2, 0.25) is 0 Å². The molecular weight excluding hydrogens is 114 g/mol. The van der Waals surface area contributed by atoms with Crippen LogP contribution in [0.25, 0.3) is 0 Å². The van der Waals surface area contributed by atoms with Gasteiger partial charge in [-0.3, -0.25) is 0 Å². The van der Waals surface area contributed by atoms with E-state index in [0.717, 1.165) is 8.52 Å². The zero-order valence-electron chi connectivity index (χ0n) is 3.92. The Morgan fingerprint density at radius 1 is 1.67 bits per heavy atom. The highest BCUT2D eigenvalue weighted by Crippen LogP contribution is 2.04. The highest BCUT2D eigenvalue weighted by Gasteiger charge is 1.72. The molecule has 0 rings (SSSR count). The second kappa shape index (κ2) is 3.67. The van der Waals surface area contributed by atoms with E-state index in [0.29, 0.717) is 0 Å². The molecule has 0 N–H and O–H groups in total. The normalized spacial score (nSPS) is 11.3. The second-order valence-corrected chi connectivity index (χ2v) is 2.95. The third-order valence-electron chi connectivity index (χ3n) is 0.231. The first-order valence-electron chi connectivity index (χ1n) is 1.55. The Labute approximate surface area is 42.1 Å². The SMILES string of the molecule is CN(C)P=NP. The van der Waals surface area contributed by atoms with Crippen molar-refractivity contribution in [2.24, 2.45) is 4.52 Å². The van der Waals surface area contributed by atoms with Gasteiger partial charge in [0.25, 0.3) is 0 Å². The summed E-state index contributed by atoms with van der Waals surface area (Å²) in [6.45, 7) is 0. The zero-order chi connectivity index (χ0) is 4.99. The Morgan fingerprint density at radius 2 is 2.17 bits per heavy atom. The molecule has 0 aromatic heterocycles. The fourth-order valence-electron chi connectivity index (χ4n) is 0.103. The van der Waals surface area contributed by atoms with E-state index >= 15 is 0 Å². The molecule has 0 radical (unpaired) electrons. The van der Waals surface area contributed by atoms with Gasteiger partial charge in [-0.15, -0.1) is 0 Å². The van der Waals surface area contributed by atoms with Crippen LogP contribution in [0.15, 0.2) is 4.52 Å². The summed E-state index contributed by atoms with van der Waals surface area (Å²) in [5.74, 6) is 0. The predicted octanol–water partition coefficient (Wildman–Crippen LogP) is 1.38. The average Bonchev–Trinajstić information content (AvgIpc) is 1.35. The van der Waals surface area contributed by atoms with Crippen molar-refractivity contribution in [2.45, 2.75) is 0 Å². The minimum Gasteiger partial charge on any atom is -0.248 e. The van der Waals surface area contributed by atoms with Gasteiger partial charge in [0.05, 0.1) is 8.52 Å². The van der Waals surface area contributed by atoms with Gasteiger partial charge in [-0.05, 0) is 23.5 Å². The third-order valence-corrected chi connectivity index (χ3v) is 1.00. The van der Waals surface area contributed by atoms with Gasteiger partial charge in [0, 0.05) is 0 Å². The molecule has 0 aliphatic carbocycles. The third kappa shape index (κ3) is 4.49. The fraction of sp³-hybridized carbons (Fsp3) is 1.00. The number of rotatable bonds is 1. The van der Waals surface area contributed by atoms with Crippen LogP contribution in [0.4, 0.5) is 0 Å². The van der Waals surface area contributed by atoms with Crippen LogP contribution >= 0.6 is 17.9 Å². The summed E-state index contributed by atoms with van der Waals surface area (Å²) in [7, 11) is 7.23. The van der Waals surface area contributed by atoms with Crippen LogP contribution in [0.1, 0.15) is 0 Å². The Balaban J connectivity index is 3.03. The molecular formula is C2H8N2P2. The van der Waals surface area contributed by atoms with E-state index in [1.54, 1.807) is 0 Å². The molecule has 0 saturated heterocycles. The van der Waals surface area contributed by atoms with Crippen molar-refractivity contribution in [3.8, 4) is 0 Å². The monoisotopic (exact) mass is 122 g/mol. The maximum Gasteiger partial charge on any atom is 0.0962 e. The van der Waals surface area contributed by atoms with Crippen molar-refractivity contribution in [3.05, 3.63) is 0 Å². The van der Waals surface area contributed by atoms with E-state index in [9.17, 15) is 0 Å². The van der Waals surface area contributed by atoms with E-state index in [1.165, 1.54) is 0 Å². The summed E-state index contributed by atoms with van der Waals surface area (Å²) in [5, 5.41) is 0. The van der Waals surface area contributed by atoms with Crippen LogP contribution in [0.5, 0.6) is 0 Å². The molecule has 0 saturated carbocycles. The molecule has 4 heteroatoms. The summed E-state index contributed by atoms with van der Waals surface area (Å²) in [4.78, 5) is 0. The molecule has 6 heavy (non-hydrogen) atoms. The van der Waals surface area contributed by atoms with Crippen molar-refractivity contribution in [3.63, 3.8) is 0 Å². The van der Waals surface area contributed by atoms with Crippen molar-refractivity contribution >= 4 is 17.9 Å². The molecule has 0 amide bonds. The quantitative estimate of drug-likeness (QED) is 0.479. The molecule has 0 aliphatic rings. The number of nitrogens with zero attached hydrogens (tertiary/aromatic N) is 2. The van der Waals surface area contributed by atoms with E-state index in [2.05, 4.69) is 13.9 Å². The van der Waals surface area contributed by atoms with E-state index in [1.807, 2.05) is 18.8 Å². The highest BCUT2D eigenvalue weighted by molar-refractivity contribution is 7.33. The summed E-state index contributed by atoms with van der Waals surface area (Å²) in [6.07, 6.45) is 0. The lowest BCUT2D eigenvalue weighted by molar-refractivity contribution is 0.697. The largest absolute Gasteiger partial charge is 0.248 e. The highest BCUT2D eigenvalue weighted by atomic mass is 31.1. The molecule has 0 aromatic rings. The summed E-state index contributed by atoms with van der Waals surface area (Å²) in [5.41, 5.74) is 0. The van der Waals surface area contributed by atoms with E-state index in [4.69, 9.17) is 0 Å². The first-order valence-corrected chi connectivity index (χ1v) is 2.87. The van der Waals surface area contributed by atoms with Crippen molar-refractivity contribution in [1.82, 2.24) is 4.67 Å². The zero-order valence-corrected chi connectivity index (χ0v) is 5.97. The van der Waals surface area contributed by atoms with Gasteiger partial charge in [-0.2, -0.15) is 0 Å². The topological polar surface area (TPSA) is 15.6 Å². The Morgan fingerprint density at radius 3 is 2.17 bits per heavy atom. The molecule has 0 heterocycles. The molecule has 0 aromatic carbocycles. The molecule has 0 spiro atoms. The van der Waals surface area contributed by atoms with Gasteiger partial charge in [0.15, 0.2) is 0 Å². The van der Waals surface area contributed by atoms with Crippen LogP contribution in [-0.2, 0) is 0 Å². The molecule has 0 bridgehead atoms. The summed E-state index contributed by atoms with van der Waals surface area (Å²) < 4.78 is 5.72. The van der Waals surface area contributed by atoms with Crippen molar-refractivity contribution in [1.29, 1.82) is 0 Å². The molecule has 0 fully saturated rings. The number of hydrogen-bond acceptors (Lipinski definition) is 1. The maximum atomic E-state index is 3.75.